The first-order valence-corrected chi connectivity index (χ1v) is 27.0. The van der Waals surface area contributed by atoms with Crippen molar-refractivity contribution >= 4 is 53.7 Å². The third kappa shape index (κ3) is 14.1. The molecular formula is C54H78O19. The van der Waals surface area contributed by atoms with Gasteiger partial charge in [-0.1, -0.05) is 34.6 Å². The van der Waals surface area contributed by atoms with Crippen LogP contribution >= 0.6 is 0 Å². The molecule has 0 amide bonds. The van der Waals surface area contributed by atoms with Gasteiger partial charge in [0, 0.05) is 11.8 Å². The summed E-state index contributed by atoms with van der Waals surface area (Å²) in [5, 5.41) is 0. The lowest BCUT2D eigenvalue weighted by atomic mass is 9.67. The standard InChI is InChI=1S/C20H28O8.C17H24O6.C17H26O5/c1-4-20(2,3)19(24)26-9-15(21)25-10-16(22)28-17-12-5-11-6-13(8-12)18(23)27-14(17)7-11;1-3-9(2)16(19)21-8-14(18)23-15-11-4-10-5-12(7-11)17(20)22-13(15)6-10;1-3-10(2)16(18)21-5-4-20-15-12-6-11-7-13(9-12)17(19)22-14(15)8-11/h11-14,17H,4-10H2,1-3H3;9-13,15H,3-8H2,1-2H3;10-15H,3-9H2,1-2H3. The maximum Gasteiger partial charge on any atom is 0.344 e. The number of esters is 9. The molecule has 0 spiro atoms. The SMILES string of the molecule is CCC(C)(C)C(=O)OCC(=O)OCC(=O)OC1C2CC3CC(C2)C(=O)OC1C3.CCC(C)C(=O)OCC(=O)OC1C2CC3CC(C2)C(=O)OC1C3.CCC(C)C(=O)OCCOC1C2CC3CC(C2)C(=O)OC1C3. The zero-order valence-corrected chi connectivity index (χ0v) is 43.7. The van der Waals surface area contributed by atoms with Gasteiger partial charge in [-0.25, -0.2) is 14.4 Å². The Kier molecular flexibility index (Phi) is 18.9. The number of fused-ring (bicyclic) bond motifs is 3. The minimum Gasteiger partial charge on any atom is -0.463 e. The number of carbonyl (C=O) groups excluding carboxylic acids is 9. The fourth-order valence-corrected chi connectivity index (χ4v) is 12.5. The predicted octanol–water partition coefficient (Wildman–Crippen LogP) is 5.95. The van der Waals surface area contributed by atoms with Crippen molar-refractivity contribution in [1.82, 2.24) is 0 Å². The molecule has 6 aliphatic heterocycles. The molecule has 0 aromatic carbocycles. The second-order valence-corrected chi connectivity index (χ2v) is 22.8. The molecule has 73 heavy (non-hydrogen) atoms. The van der Waals surface area contributed by atoms with Crippen molar-refractivity contribution in [1.29, 1.82) is 0 Å². The van der Waals surface area contributed by atoms with E-state index in [-0.39, 0.29) is 96.8 Å². The molecule has 6 aliphatic carbocycles. The van der Waals surface area contributed by atoms with Crippen LogP contribution in [-0.4, -0.2) is 123 Å². The lowest BCUT2D eigenvalue weighted by Gasteiger charge is -2.41. The second-order valence-electron chi connectivity index (χ2n) is 22.8. The van der Waals surface area contributed by atoms with E-state index in [2.05, 4.69) is 0 Å². The highest BCUT2D eigenvalue weighted by Gasteiger charge is 2.54. The largest absolute Gasteiger partial charge is 0.463 e. The van der Waals surface area contributed by atoms with Crippen molar-refractivity contribution in [2.45, 2.75) is 181 Å². The number of hydrogen-bond donors (Lipinski definition) is 0. The van der Waals surface area contributed by atoms with Gasteiger partial charge in [0.05, 0.1) is 47.7 Å². The maximum atomic E-state index is 12.1. The van der Waals surface area contributed by atoms with E-state index >= 15 is 0 Å². The van der Waals surface area contributed by atoms with Crippen molar-refractivity contribution < 1.29 is 90.5 Å². The van der Waals surface area contributed by atoms with Crippen LogP contribution in [0.25, 0.3) is 0 Å². The van der Waals surface area contributed by atoms with Gasteiger partial charge < -0.3 is 47.4 Å². The van der Waals surface area contributed by atoms with E-state index in [0.717, 1.165) is 70.6 Å². The van der Waals surface area contributed by atoms with E-state index < -0.39 is 66.8 Å². The van der Waals surface area contributed by atoms with Crippen molar-refractivity contribution in [3.8, 4) is 0 Å². The molecule has 17 unspecified atom stereocenters. The van der Waals surface area contributed by atoms with E-state index in [1.54, 1.807) is 20.8 Å². The summed E-state index contributed by atoms with van der Waals surface area (Å²) in [6.07, 6.45) is 10.8. The molecule has 6 saturated heterocycles. The average Bonchev–Trinajstić information content (AvgIpc) is 3.72. The van der Waals surface area contributed by atoms with Crippen LogP contribution in [0.5, 0.6) is 0 Å². The number of carbonyl (C=O) groups is 9. The van der Waals surface area contributed by atoms with E-state index in [0.29, 0.717) is 56.0 Å². The van der Waals surface area contributed by atoms with Crippen LogP contribution in [0.4, 0.5) is 0 Å². The molecule has 19 heteroatoms. The molecule has 12 bridgehead atoms. The molecule has 6 heterocycles. The summed E-state index contributed by atoms with van der Waals surface area (Å²) in [5.41, 5.74) is -0.686. The van der Waals surface area contributed by atoms with Gasteiger partial charge in [-0.15, -0.1) is 0 Å². The minimum atomic E-state index is -0.814. The number of rotatable bonds is 18. The molecule has 12 fully saturated rings. The monoisotopic (exact) mass is 1030 g/mol. The summed E-state index contributed by atoms with van der Waals surface area (Å²) in [5.74, 6) is -1.62. The fourth-order valence-electron chi connectivity index (χ4n) is 12.5. The summed E-state index contributed by atoms with van der Waals surface area (Å²) in [7, 11) is 0. The Morgan fingerprint density at radius 2 is 0.890 bits per heavy atom. The van der Waals surface area contributed by atoms with Crippen LogP contribution in [0.3, 0.4) is 0 Å². The highest BCUT2D eigenvalue weighted by atomic mass is 16.6. The molecule has 0 aromatic heterocycles. The molecule has 17 atom stereocenters. The normalized spacial score (nSPS) is 34.6. The van der Waals surface area contributed by atoms with E-state index in [4.69, 9.17) is 47.4 Å². The lowest BCUT2D eigenvalue weighted by Crippen LogP contribution is -2.45. The zero-order valence-electron chi connectivity index (χ0n) is 43.7. The molecule has 12 aliphatic rings. The van der Waals surface area contributed by atoms with Gasteiger partial charge in [-0.2, -0.15) is 0 Å². The Labute approximate surface area is 428 Å². The van der Waals surface area contributed by atoms with Crippen LogP contribution in [-0.2, 0) is 90.5 Å². The van der Waals surface area contributed by atoms with E-state index in [9.17, 15) is 43.2 Å². The summed E-state index contributed by atoms with van der Waals surface area (Å²) >= 11 is 0. The van der Waals surface area contributed by atoms with Gasteiger partial charge in [0.15, 0.2) is 19.8 Å². The third-order valence-electron chi connectivity index (χ3n) is 17.2. The van der Waals surface area contributed by atoms with Crippen LogP contribution in [0.15, 0.2) is 0 Å². The topological polar surface area (TPSA) is 246 Å². The fraction of sp³-hybridized carbons (Fsp3) is 0.833. The highest BCUT2D eigenvalue weighted by Crippen LogP contribution is 2.50. The third-order valence-corrected chi connectivity index (χ3v) is 17.2. The summed E-state index contributed by atoms with van der Waals surface area (Å²) in [4.78, 5) is 107. The number of hydrogen-bond acceptors (Lipinski definition) is 19. The molecule has 19 nitrogen and oxygen atoms in total. The maximum absolute atomic E-state index is 12.1. The first kappa shape index (κ1) is 55.9. The van der Waals surface area contributed by atoms with E-state index in [1.165, 1.54) is 0 Å². The highest BCUT2D eigenvalue weighted by molar-refractivity contribution is 5.82. The van der Waals surface area contributed by atoms with Gasteiger partial charge >= 0.3 is 53.7 Å². The van der Waals surface area contributed by atoms with Crippen molar-refractivity contribution in [3.63, 3.8) is 0 Å². The molecule has 0 radical (unpaired) electrons. The van der Waals surface area contributed by atoms with Gasteiger partial charge in [0.25, 0.3) is 0 Å². The van der Waals surface area contributed by atoms with Crippen molar-refractivity contribution in [2.75, 3.05) is 33.0 Å². The Balaban J connectivity index is 0.000000162. The second kappa shape index (κ2) is 24.7. The van der Waals surface area contributed by atoms with Crippen LogP contribution in [0.2, 0.25) is 0 Å². The Morgan fingerprint density at radius 1 is 0.493 bits per heavy atom. The van der Waals surface area contributed by atoms with Gasteiger partial charge in [0.1, 0.15) is 37.1 Å². The molecular weight excluding hydrogens is 953 g/mol. The molecule has 408 valence electrons. The smallest absolute Gasteiger partial charge is 0.344 e. The summed E-state index contributed by atoms with van der Waals surface area (Å²) in [6.45, 7) is 11.9. The first-order valence-electron chi connectivity index (χ1n) is 27.0. The molecule has 12 rings (SSSR count). The van der Waals surface area contributed by atoms with Gasteiger partial charge in [-0.3, -0.25) is 28.8 Å². The number of ether oxygens (including phenoxy) is 10. The Bertz CT molecular complexity index is 2030. The summed E-state index contributed by atoms with van der Waals surface area (Å²) in [6, 6.07) is 0. The zero-order chi connectivity index (χ0) is 52.7. The quantitative estimate of drug-likeness (QED) is 0.0874. The Hall–Kier alpha value is -4.81. The minimum absolute atomic E-state index is 0.0206. The van der Waals surface area contributed by atoms with Crippen molar-refractivity contribution in [2.24, 2.45) is 70.5 Å². The predicted molar refractivity (Wildman–Crippen MR) is 253 cm³/mol. The lowest BCUT2D eigenvalue weighted by molar-refractivity contribution is -0.180. The Morgan fingerprint density at radius 3 is 1.33 bits per heavy atom. The van der Waals surface area contributed by atoms with E-state index in [1.807, 2.05) is 27.7 Å². The molecule has 0 N–H and O–H groups in total. The van der Waals surface area contributed by atoms with Gasteiger partial charge in [0.2, 0.25) is 0 Å². The first-order chi connectivity index (χ1) is 34.7. The molecule has 0 aromatic rings. The van der Waals surface area contributed by atoms with Crippen LogP contribution in [0.1, 0.15) is 145 Å². The average molecular weight is 1030 g/mol. The van der Waals surface area contributed by atoms with Crippen LogP contribution in [0, 0.1) is 70.5 Å². The summed E-state index contributed by atoms with van der Waals surface area (Å²) < 4.78 is 53.6. The van der Waals surface area contributed by atoms with Crippen LogP contribution < -0.4 is 0 Å². The van der Waals surface area contributed by atoms with Crippen molar-refractivity contribution in [3.05, 3.63) is 0 Å². The molecule has 6 saturated carbocycles. The van der Waals surface area contributed by atoms with Gasteiger partial charge in [-0.05, 0) is 134 Å².